The quantitative estimate of drug-likeness (QED) is 0.316. The van der Waals surface area contributed by atoms with Gasteiger partial charge in [-0.2, -0.15) is 5.26 Å². The van der Waals surface area contributed by atoms with Gasteiger partial charge in [0.05, 0.1) is 0 Å². The minimum Gasteiger partial charge on any atom is -0.308 e. The first-order valence-electron chi connectivity index (χ1n) is 7.05. The number of hydrogen-bond acceptors (Lipinski definition) is 2. The van der Waals surface area contributed by atoms with Crippen molar-refractivity contribution in [3.05, 3.63) is 0 Å². The average Bonchev–Trinajstić information content (AvgIpc) is 3.11. The van der Waals surface area contributed by atoms with Crippen molar-refractivity contribution in [1.29, 1.82) is 5.26 Å². The van der Waals surface area contributed by atoms with Crippen LogP contribution in [0.5, 0.6) is 0 Å². The molecule has 0 aromatic rings. The number of rotatable bonds is 10. The molecule has 0 spiro atoms. The normalized spacial score (nSPS) is 14.8. The van der Waals surface area contributed by atoms with Gasteiger partial charge in [0.25, 0.3) is 0 Å². The van der Waals surface area contributed by atoms with E-state index in [1.165, 1.54) is 64.2 Å². The average molecular weight is 222 g/mol. The van der Waals surface area contributed by atoms with Crippen molar-refractivity contribution in [3.63, 3.8) is 0 Å². The van der Waals surface area contributed by atoms with Crippen molar-refractivity contribution in [2.45, 2.75) is 77.2 Å². The molecule has 1 saturated carbocycles. The van der Waals surface area contributed by atoms with Crippen molar-refractivity contribution < 1.29 is 0 Å². The van der Waals surface area contributed by atoms with Gasteiger partial charge < -0.3 is 4.90 Å². The van der Waals surface area contributed by atoms with Crippen molar-refractivity contribution >= 4 is 0 Å². The van der Waals surface area contributed by atoms with E-state index in [9.17, 15) is 0 Å². The third-order valence-electron chi connectivity index (χ3n) is 3.37. The Balaban J connectivity index is 1.82. The van der Waals surface area contributed by atoms with E-state index in [0.29, 0.717) is 6.04 Å². The Bertz CT molecular complexity index is 203. The van der Waals surface area contributed by atoms with Crippen LogP contribution in [0.4, 0.5) is 0 Å². The lowest BCUT2D eigenvalue weighted by atomic mass is 10.1. The fourth-order valence-corrected chi connectivity index (χ4v) is 2.12. The number of nitrogens with zero attached hydrogens (tertiary/aromatic N) is 2. The van der Waals surface area contributed by atoms with Crippen molar-refractivity contribution in [1.82, 2.24) is 4.90 Å². The highest BCUT2D eigenvalue weighted by molar-refractivity contribution is 4.91. The van der Waals surface area contributed by atoms with E-state index < -0.39 is 0 Å². The monoisotopic (exact) mass is 222 g/mol. The second-order valence-corrected chi connectivity index (χ2v) is 5.00. The van der Waals surface area contributed by atoms with Crippen LogP contribution in [0.3, 0.4) is 0 Å². The minimum absolute atomic E-state index is 0.606. The second kappa shape index (κ2) is 8.44. The van der Waals surface area contributed by atoms with Gasteiger partial charge in [0.2, 0.25) is 0 Å². The summed E-state index contributed by atoms with van der Waals surface area (Å²) >= 11 is 0. The molecule has 0 saturated heterocycles. The molecule has 1 fully saturated rings. The molecule has 0 N–H and O–H groups in total. The largest absolute Gasteiger partial charge is 0.308 e. The topological polar surface area (TPSA) is 27.0 Å². The summed E-state index contributed by atoms with van der Waals surface area (Å²) in [5.41, 5.74) is 0. The lowest BCUT2D eigenvalue weighted by Gasteiger charge is -2.13. The van der Waals surface area contributed by atoms with Crippen molar-refractivity contribution in [2.24, 2.45) is 0 Å². The van der Waals surface area contributed by atoms with Gasteiger partial charge in [-0.1, -0.05) is 51.9 Å². The summed E-state index contributed by atoms with van der Waals surface area (Å²) in [6, 6.07) is 0.606. The van der Waals surface area contributed by atoms with Gasteiger partial charge in [-0.25, -0.2) is 0 Å². The fraction of sp³-hybridized carbons (Fsp3) is 0.929. The molecular weight excluding hydrogens is 196 g/mol. The molecule has 0 aliphatic heterocycles. The number of hydrogen-bond donors (Lipinski definition) is 0. The van der Waals surface area contributed by atoms with E-state index in [0.717, 1.165) is 6.54 Å². The fourth-order valence-electron chi connectivity index (χ4n) is 2.12. The van der Waals surface area contributed by atoms with Crippen LogP contribution in [0.2, 0.25) is 0 Å². The lowest BCUT2D eigenvalue weighted by molar-refractivity contribution is 0.367. The van der Waals surface area contributed by atoms with E-state index in [2.05, 4.69) is 13.1 Å². The maximum atomic E-state index is 8.91. The Morgan fingerprint density at radius 3 is 2.06 bits per heavy atom. The highest BCUT2D eigenvalue weighted by Crippen LogP contribution is 2.26. The molecule has 1 aliphatic carbocycles. The molecule has 0 atom stereocenters. The van der Waals surface area contributed by atoms with E-state index in [1.54, 1.807) is 0 Å². The Kier molecular flexibility index (Phi) is 7.05. The molecule has 2 heteroatoms. The van der Waals surface area contributed by atoms with Crippen LogP contribution in [0.15, 0.2) is 0 Å². The molecule has 0 radical (unpaired) electrons. The standard InChI is InChI=1S/C14H26N2/c1-2-3-4-5-6-7-8-9-12-16(13-15)14-10-11-14/h14H,2-12H2,1H3. The van der Waals surface area contributed by atoms with E-state index in [-0.39, 0.29) is 0 Å². The molecule has 1 rings (SSSR count). The predicted molar refractivity (Wildman–Crippen MR) is 68.0 cm³/mol. The molecule has 0 unspecified atom stereocenters. The van der Waals surface area contributed by atoms with Crippen LogP contribution < -0.4 is 0 Å². The summed E-state index contributed by atoms with van der Waals surface area (Å²) in [4.78, 5) is 1.98. The molecule has 0 amide bonds. The number of nitriles is 1. The van der Waals surface area contributed by atoms with Crippen LogP contribution in [0.25, 0.3) is 0 Å². The van der Waals surface area contributed by atoms with Crippen LogP contribution in [-0.4, -0.2) is 17.5 Å². The van der Waals surface area contributed by atoms with Gasteiger partial charge in [-0.15, -0.1) is 0 Å². The maximum Gasteiger partial charge on any atom is 0.179 e. The third kappa shape index (κ3) is 6.00. The van der Waals surface area contributed by atoms with Gasteiger partial charge in [0, 0.05) is 12.6 Å². The molecule has 1 aliphatic rings. The molecule has 0 aromatic carbocycles. The summed E-state index contributed by atoms with van der Waals surface area (Å²) in [5.74, 6) is 0. The molecule has 2 nitrogen and oxygen atoms in total. The van der Waals surface area contributed by atoms with Gasteiger partial charge >= 0.3 is 0 Å². The number of unbranched alkanes of at least 4 members (excludes halogenated alkanes) is 7. The van der Waals surface area contributed by atoms with Crippen LogP contribution in [0.1, 0.15) is 71.1 Å². The molecule has 0 heterocycles. The first kappa shape index (κ1) is 13.4. The van der Waals surface area contributed by atoms with Crippen molar-refractivity contribution in [2.75, 3.05) is 6.54 Å². The first-order chi connectivity index (χ1) is 7.88. The molecular formula is C14H26N2. The minimum atomic E-state index is 0.606. The summed E-state index contributed by atoms with van der Waals surface area (Å²) in [5, 5.41) is 8.91. The van der Waals surface area contributed by atoms with Gasteiger partial charge in [-0.05, 0) is 19.3 Å². The second-order valence-electron chi connectivity index (χ2n) is 5.00. The summed E-state index contributed by atoms with van der Waals surface area (Å²) < 4.78 is 0. The first-order valence-corrected chi connectivity index (χ1v) is 7.05. The molecule has 92 valence electrons. The van der Waals surface area contributed by atoms with E-state index >= 15 is 0 Å². The molecule has 16 heavy (non-hydrogen) atoms. The summed E-state index contributed by atoms with van der Waals surface area (Å²) in [6.45, 7) is 3.25. The van der Waals surface area contributed by atoms with Crippen LogP contribution >= 0.6 is 0 Å². The Morgan fingerprint density at radius 2 is 1.56 bits per heavy atom. The Morgan fingerprint density at radius 1 is 1.00 bits per heavy atom. The van der Waals surface area contributed by atoms with Crippen LogP contribution in [0, 0.1) is 11.5 Å². The summed E-state index contributed by atoms with van der Waals surface area (Å²) in [6.07, 6.45) is 15.6. The highest BCUT2D eigenvalue weighted by Gasteiger charge is 2.27. The van der Waals surface area contributed by atoms with Gasteiger partial charge in [0.15, 0.2) is 6.19 Å². The molecule has 0 aromatic heterocycles. The van der Waals surface area contributed by atoms with Gasteiger partial charge in [0.1, 0.15) is 0 Å². The zero-order valence-corrected chi connectivity index (χ0v) is 10.7. The SMILES string of the molecule is CCCCCCCCCCN(C#N)C1CC1. The van der Waals surface area contributed by atoms with E-state index in [4.69, 9.17) is 5.26 Å². The highest BCUT2D eigenvalue weighted by atomic mass is 15.2. The van der Waals surface area contributed by atoms with Gasteiger partial charge in [-0.3, -0.25) is 0 Å². The smallest absolute Gasteiger partial charge is 0.179 e. The lowest BCUT2D eigenvalue weighted by Crippen LogP contribution is -2.21. The summed E-state index contributed by atoms with van der Waals surface area (Å²) in [7, 11) is 0. The van der Waals surface area contributed by atoms with Crippen LogP contribution in [-0.2, 0) is 0 Å². The molecule has 0 bridgehead atoms. The van der Waals surface area contributed by atoms with E-state index in [1.807, 2.05) is 4.90 Å². The van der Waals surface area contributed by atoms with Crippen molar-refractivity contribution in [3.8, 4) is 6.19 Å². The zero-order valence-electron chi connectivity index (χ0n) is 10.7. The Hall–Kier alpha value is -0.710. The maximum absolute atomic E-state index is 8.91. The third-order valence-corrected chi connectivity index (χ3v) is 3.37. The Labute approximate surface area is 101 Å². The zero-order chi connectivity index (χ0) is 11.6. The predicted octanol–water partition coefficient (Wildman–Crippen LogP) is 4.07.